The molecule has 0 aromatic carbocycles. The Morgan fingerprint density at radius 2 is 2.14 bits per heavy atom. The lowest BCUT2D eigenvalue weighted by atomic mass is 9.87. The van der Waals surface area contributed by atoms with Crippen LogP contribution in [0.1, 0.15) is 26.2 Å². The molecule has 2 atom stereocenters. The van der Waals surface area contributed by atoms with Gasteiger partial charge in [-0.1, -0.05) is 0 Å². The minimum absolute atomic E-state index is 0.221. The monoisotopic (exact) mass is 196 g/mol. The van der Waals surface area contributed by atoms with Crippen molar-refractivity contribution < 1.29 is 4.79 Å². The molecule has 0 radical (unpaired) electrons. The lowest BCUT2D eigenvalue weighted by Gasteiger charge is -2.21. The second-order valence-corrected chi connectivity index (χ2v) is 4.75. The Labute approximate surface area is 85.6 Å². The quantitative estimate of drug-likeness (QED) is 0.727. The number of carbonyl (C=O) groups excluding carboxylic acids is 1. The summed E-state index contributed by atoms with van der Waals surface area (Å²) in [6, 6.07) is 0. The van der Waals surface area contributed by atoms with E-state index in [1.807, 2.05) is 4.90 Å². The first-order chi connectivity index (χ1) is 6.72. The van der Waals surface area contributed by atoms with E-state index in [4.69, 9.17) is 5.73 Å². The number of likely N-dealkylation sites (tertiary alicyclic amines) is 1. The summed E-state index contributed by atoms with van der Waals surface area (Å²) >= 11 is 0. The smallest absolute Gasteiger partial charge is 0.219 e. The number of amides is 1. The molecule has 3 heteroatoms. The summed E-state index contributed by atoms with van der Waals surface area (Å²) < 4.78 is 0. The normalized spacial score (nSPS) is 29.3. The fourth-order valence-electron chi connectivity index (χ4n) is 2.72. The third kappa shape index (κ3) is 1.92. The molecule has 2 aliphatic rings. The second kappa shape index (κ2) is 3.89. The van der Waals surface area contributed by atoms with Gasteiger partial charge in [0.05, 0.1) is 0 Å². The molecule has 2 fully saturated rings. The predicted molar refractivity (Wildman–Crippen MR) is 55.6 cm³/mol. The van der Waals surface area contributed by atoms with Gasteiger partial charge in [0.2, 0.25) is 5.91 Å². The van der Waals surface area contributed by atoms with E-state index in [9.17, 15) is 4.79 Å². The Morgan fingerprint density at radius 3 is 2.57 bits per heavy atom. The average molecular weight is 196 g/mol. The number of hydrogen-bond donors (Lipinski definition) is 1. The molecule has 0 spiro atoms. The maximum absolute atomic E-state index is 11.2. The number of hydrogen-bond acceptors (Lipinski definition) is 2. The van der Waals surface area contributed by atoms with Gasteiger partial charge in [0.15, 0.2) is 0 Å². The highest BCUT2D eigenvalue weighted by Gasteiger charge is 2.38. The SMILES string of the molecule is CC(=O)N1CCC(C(CN)C2CC2)C1. The largest absolute Gasteiger partial charge is 0.343 e. The molecule has 80 valence electrons. The number of rotatable bonds is 3. The first kappa shape index (κ1) is 9.97. The topological polar surface area (TPSA) is 46.3 Å². The van der Waals surface area contributed by atoms with Crippen LogP contribution in [0.2, 0.25) is 0 Å². The predicted octanol–water partition coefficient (Wildman–Crippen LogP) is 0.840. The first-order valence-electron chi connectivity index (χ1n) is 5.68. The Morgan fingerprint density at radius 1 is 1.43 bits per heavy atom. The van der Waals surface area contributed by atoms with E-state index in [1.54, 1.807) is 6.92 Å². The maximum Gasteiger partial charge on any atom is 0.219 e. The van der Waals surface area contributed by atoms with Crippen LogP contribution in [-0.2, 0) is 4.79 Å². The summed E-state index contributed by atoms with van der Waals surface area (Å²) in [4.78, 5) is 13.2. The van der Waals surface area contributed by atoms with Crippen LogP contribution in [0.5, 0.6) is 0 Å². The molecule has 1 heterocycles. The van der Waals surface area contributed by atoms with Crippen molar-refractivity contribution in [2.24, 2.45) is 23.5 Å². The average Bonchev–Trinajstić information content (AvgIpc) is 2.84. The van der Waals surface area contributed by atoms with Crippen LogP contribution in [0.15, 0.2) is 0 Å². The van der Waals surface area contributed by atoms with Crippen LogP contribution in [0.3, 0.4) is 0 Å². The van der Waals surface area contributed by atoms with E-state index < -0.39 is 0 Å². The van der Waals surface area contributed by atoms with Gasteiger partial charge in [0.25, 0.3) is 0 Å². The van der Waals surface area contributed by atoms with Gasteiger partial charge in [-0.3, -0.25) is 4.79 Å². The van der Waals surface area contributed by atoms with Crippen molar-refractivity contribution in [2.45, 2.75) is 26.2 Å². The lowest BCUT2D eigenvalue weighted by Crippen LogP contribution is -2.30. The first-order valence-corrected chi connectivity index (χ1v) is 5.68. The number of nitrogens with two attached hydrogens (primary N) is 1. The third-order valence-corrected chi connectivity index (χ3v) is 3.78. The van der Waals surface area contributed by atoms with Gasteiger partial charge >= 0.3 is 0 Å². The standard InChI is InChI=1S/C11H20N2O/c1-8(14)13-5-4-10(7-13)11(6-12)9-2-3-9/h9-11H,2-7,12H2,1H3. The summed E-state index contributed by atoms with van der Waals surface area (Å²) in [6.07, 6.45) is 3.88. The fraction of sp³-hybridized carbons (Fsp3) is 0.909. The van der Waals surface area contributed by atoms with Gasteiger partial charge in [0.1, 0.15) is 0 Å². The third-order valence-electron chi connectivity index (χ3n) is 3.78. The molecule has 2 rings (SSSR count). The van der Waals surface area contributed by atoms with E-state index in [2.05, 4.69) is 0 Å². The highest BCUT2D eigenvalue weighted by molar-refractivity contribution is 5.73. The summed E-state index contributed by atoms with van der Waals surface area (Å²) in [7, 11) is 0. The van der Waals surface area contributed by atoms with Crippen molar-refractivity contribution in [3.05, 3.63) is 0 Å². The van der Waals surface area contributed by atoms with Crippen LogP contribution in [-0.4, -0.2) is 30.4 Å². The minimum atomic E-state index is 0.221. The van der Waals surface area contributed by atoms with Crippen molar-refractivity contribution in [3.8, 4) is 0 Å². The zero-order chi connectivity index (χ0) is 10.1. The molecule has 1 saturated carbocycles. The molecule has 0 bridgehead atoms. The Bertz CT molecular complexity index is 225. The highest BCUT2D eigenvalue weighted by atomic mass is 16.2. The van der Waals surface area contributed by atoms with E-state index in [-0.39, 0.29) is 5.91 Å². The van der Waals surface area contributed by atoms with Crippen molar-refractivity contribution in [1.29, 1.82) is 0 Å². The molecule has 1 aliphatic heterocycles. The van der Waals surface area contributed by atoms with E-state index >= 15 is 0 Å². The fourth-order valence-corrected chi connectivity index (χ4v) is 2.72. The van der Waals surface area contributed by atoms with Crippen LogP contribution < -0.4 is 5.73 Å². The molecule has 0 aromatic heterocycles. The zero-order valence-electron chi connectivity index (χ0n) is 8.91. The van der Waals surface area contributed by atoms with Crippen LogP contribution in [0.4, 0.5) is 0 Å². The van der Waals surface area contributed by atoms with Crippen molar-refractivity contribution in [1.82, 2.24) is 4.90 Å². The highest BCUT2D eigenvalue weighted by Crippen LogP contribution is 2.42. The van der Waals surface area contributed by atoms with Gasteiger partial charge in [-0.25, -0.2) is 0 Å². The van der Waals surface area contributed by atoms with Crippen molar-refractivity contribution in [2.75, 3.05) is 19.6 Å². The molecular formula is C11H20N2O. The maximum atomic E-state index is 11.2. The molecule has 3 nitrogen and oxygen atoms in total. The molecule has 0 aromatic rings. The number of carbonyl (C=O) groups is 1. The summed E-state index contributed by atoms with van der Waals surface area (Å²) in [5.41, 5.74) is 5.81. The Balaban J connectivity index is 1.89. The van der Waals surface area contributed by atoms with Gasteiger partial charge in [-0.2, -0.15) is 0 Å². The zero-order valence-corrected chi connectivity index (χ0v) is 8.91. The van der Waals surface area contributed by atoms with Gasteiger partial charge in [-0.15, -0.1) is 0 Å². The van der Waals surface area contributed by atoms with Gasteiger partial charge < -0.3 is 10.6 Å². The van der Waals surface area contributed by atoms with Gasteiger partial charge in [-0.05, 0) is 43.6 Å². The molecule has 1 saturated heterocycles. The second-order valence-electron chi connectivity index (χ2n) is 4.75. The van der Waals surface area contributed by atoms with Gasteiger partial charge in [0, 0.05) is 20.0 Å². The van der Waals surface area contributed by atoms with Crippen molar-refractivity contribution >= 4 is 5.91 Å². The summed E-state index contributed by atoms with van der Waals surface area (Å²) in [5.74, 6) is 2.45. The summed E-state index contributed by atoms with van der Waals surface area (Å²) in [5, 5.41) is 0. The number of nitrogens with zero attached hydrogens (tertiary/aromatic N) is 1. The van der Waals surface area contributed by atoms with Crippen LogP contribution in [0, 0.1) is 17.8 Å². The molecule has 2 unspecified atom stereocenters. The van der Waals surface area contributed by atoms with E-state index in [0.717, 1.165) is 32.0 Å². The Hall–Kier alpha value is -0.570. The van der Waals surface area contributed by atoms with Crippen molar-refractivity contribution in [3.63, 3.8) is 0 Å². The molecule has 1 aliphatic carbocycles. The molecule has 2 N–H and O–H groups in total. The van der Waals surface area contributed by atoms with Crippen LogP contribution in [0.25, 0.3) is 0 Å². The molecular weight excluding hydrogens is 176 g/mol. The Kier molecular flexibility index (Phi) is 2.77. The van der Waals surface area contributed by atoms with E-state index in [1.165, 1.54) is 12.8 Å². The molecule has 14 heavy (non-hydrogen) atoms. The summed E-state index contributed by atoms with van der Waals surface area (Å²) in [6.45, 7) is 4.37. The minimum Gasteiger partial charge on any atom is -0.343 e. The molecule has 1 amide bonds. The lowest BCUT2D eigenvalue weighted by molar-refractivity contribution is -0.128. The van der Waals surface area contributed by atoms with E-state index in [0.29, 0.717) is 11.8 Å². The van der Waals surface area contributed by atoms with Crippen LogP contribution >= 0.6 is 0 Å².